The molecule has 1 aliphatic heterocycles. The van der Waals surface area contributed by atoms with E-state index in [0.717, 1.165) is 23.1 Å². The molecule has 1 atom stereocenters. The molecule has 100 valence electrons. The van der Waals surface area contributed by atoms with Crippen LogP contribution in [0.2, 0.25) is 0 Å². The number of hydrogen-bond donors (Lipinski definition) is 0. The Hall–Kier alpha value is -2.11. The third-order valence-corrected chi connectivity index (χ3v) is 3.00. The molecule has 1 aromatic carbocycles. The second-order valence-corrected chi connectivity index (χ2v) is 4.47. The molecule has 1 aliphatic rings. The van der Waals surface area contributed by atoms with Gasteiger partial charge in [-0.05, 0) is 18.2 Å². The standard InChI is InChI=1S/C13H11F2NO3/c1-7-4-12(18)16(13(7)19)6-11(17)9-5-8(14)2-3-10(9)15/h2-3,5,7H,4,6H2,1H3. The van der Waals surface area contributed by atoms with Crippen molar-refractivity contribution in [3.63, 3.8) is 0 Å². The van der Waals surface area contributed by atoms with Gasteiger partial charge in [-0.15, -0.1) is 0 Å². The van der Waals surface area contributed by atoms with Crippen LogP contribution < -0.4 is 0 Å². The van der Waals surface area contributed by atoms with Crippen LogP contribution in [0.4, 0.5) is 8.78 Å². The number of halogens is 2. The van der Waals surface area contributed by atoms with Crippen LogP contribution in [0.1, 0.15) is 23.7 Å². The Morgan fingerprint density at radius 2 is 2.05 bits per heavy atom. The lowest BCUT2D eigenvalue weighted by Crippen LogP contribution is -2.35. The second kappa shape index (κ2) is 4.87. The molecule has 2 amide bonds. The van der Waals surface area contributed by atoms with Gasteiger partial charge in [0, 0.05) is 12.3 Å². The number of rotatable bonds is 3. The van der Waals surface area contributed by atoms with Crippen molar-refractivity contribution in [1.82, 2.24) is 4.90 Å². The largest absolute Gasteiger partial charge is 0.292 e. The summed E-state index contributed by atoms with van der Waals surface area (Å²) in [6.45, 7) is 1.02. The van der Waals surface area contributed by atoms with Crippen molar-refractivity contribution >= 4 is 17.6 Å². The molecule has 2 rings (SSSR count). The molecule has 4 nitrogen and oxygen atoms in total. The van der Waals surface area contributed by atoms with Crippen molar-refractivity contribution in [2.45, 2.75) is 13.3 Å². The van der Waals surface area contributed by atoms with Crippen molar-refractivity contribution < 1.29 is 23.2 Å². The molecular formula is C13H11F2NO3. The Bertz CT molecular complexity index is 571. The van der Waals surface area contributed by atoms with E-state index in [-0.39, 0.29) is 6.42 Å². The molecular weight excluding hydrogens is 256 g/mol. The zero-order valence-corrected chi connectivity index (χ0v) is 10.2. The van der Waals surface area contributed by atoms with Crippen LogP contribution in [0.15, 0.2) is 18.2 Å². The molecule has 6 heteroatoms. The number of likely N-dealkylation sites (tertiary alicyclic amines) is 1. The van der Waals surface area contributed by atoms with E-state index >= 15 is 0 Å². The van der Waals surface area contributed by atoms with Crippen LogP contribution in [-0.4, -0.2) is 29.0 Å². The van der Waals surface area contributed by atoms with Crippen molar-refractivity contribution in [2.24, 2.45) is 5.92 Å². The topological polar surface area (TPSA) is 54.5 Å². The van der Waals surface area contributed by atoms with E-state index < -0.39 is 47.3 Å². The van der Waals surface area contributed by atoms with Gasteiger partial charge < -0.3 is 0 Å². The first-order valence-corrected chi connectivity index (χ1v) is 5.72. The first-order valence-electron chi connectivity index (χ1n) is 5.72. The normalized spacial score (nSPS) is 19.1. The number of amides is 2. The summed E-state index contributed by atoms with van der Waals surface area (Å²) in [5, 5.41) is 0. The van der Waals surface area contributed by atoms with Gasteiger partial charge in [0.05, 0.1) is 12.1 Å². The summed E-state index contributed by atoms with van der Waals surface area (Å²) in [7, 11) is 0. The van der Waals surface area contributed by atoms with Gasteiger partial charge in [0.25, 0.3) is 0 Å². The van der Waals surface area contributed by atoms with Crippen molar-refractivity contribution in [2.75, 3.05) is 6.54 Å². The van der Waals surface area contributed by atoms with Gasteiger partial charge in [-0.25, -0.2) is 8.78 Å². The van der Waals surface area contributed by atoms with Gasteiger partial charge in [-0.1, -0.05) is 6.92 Å². The first-order chi connectivity index (χ1) is 8.90. The van der Waals surface area contributed by atoms with E-state index in [9.17, 15) is 23.2 Å². The zero-order valence-electron chi connectivity index (χ0n) is 10.2. The highest BCUT2D eigenvalue weighted by Crippen LogP contribution is 2.20. The number of ketones is 1. The van der Waals surface area contributed by atoms with E-state index in [1.165, 1.54) is 0 Å². The molecule has 0 N–H and O–H groups in total. The molecule has 0 radical (unpaired) electrons. The van der Waals surface area contributed by atoms with Gasteiger partial charge >= 0.3 is 0 Å². The summed E-state index contributed by atoms with van der Waals surface area (Å²) in [5.74, 6) is -3.83. The Morgan fingerprint density at radius 3 is 2.63 bits per heavy atom. The average Bonchev–Trinajstić information content (AvgIpc) is 2.59. The van der Waals surface area contributed by atoms with Crippen molar-refractivity contribution in [3.05, 3.63) is 35.4 Å². The van der Waals surface area contributed by atoms with Crippen LogP contribution in [0.3, 0.4) is 0 Å². The lowest BCUT2D eigenvalue weighted by Gasteiger charge is -2.13. The fourth-order valence-electron chi connectivity index (χ4n) is 1.95. The minimum Gasteiger partial charge on any atom is -0.292 e. The summed E-state index contributed by atoms with van der Waals surface area (Å²) in [4.78, 5) is 35.7. The van der Waals surface area contributed by atoms with Gasteiger partial charge in [-0.3, -0.25) is 19.3 Å². The van der Waals surface area contributed by atoms with Gasteiger partial charge in [0.15, 0.2) is 5.78 Å². The molecule has 1 unspecified atom stereocenters. The van der Waals surface area contributed by atoms with Gasteiger partial charge in [0.1, 0.15) is 11.6 Å². The highest BCUT2D eigenvalue weighted by Gasteiger charge is 2.36. The molecule has 0 aromatic heterocycles. The van der Waals surface area contributed by atoms with Gasteiger partial charge in [0.2, 0.25) is 11.8 Å². The average molecular weight is 267 g/mol. The highest BCUT2D eigenvalue weighted by atomic mass is 19.1. The molecule has 1 fully saturated rings. The van der Waals surface area contributed by atoms with Crippen molar-refractivity contribution in [1.29, 1.82) is 0 Å². The number of benzene rings is 1. The predicted octanol–water partition coefficient (Wildman–Crippen LogP) is 1.54. The summed E-state index contributed by atoms with van der Waals surface area (Å²) in [5.41, 5.74) is -0.458. The first kappa shape index (κ1) is 13.3. The molecule has 0 aliphatic carbocycles. The maximum atomic E-state index is 13.4. The van der Waals surface area contributed by atoms with E-state index in [4.69, 9.17) is 0 Å². The monoisotopic (exact) mass is 267 g/mol. The highest BCUT2D eigenvalue weighted by molar-refractivity contribution is 6.08. The maximum Gasteiger partial charge on any atom is 0.232 e. The third-order valence-electron chi connectivity index (χ3n) is 3.00. The minimum absolute atomic E-state index is 0.0394. The Kier molecular flexibility index (Phi) is 3.42. The fraction of sp³-hybridized carbons (Fsp3) is 0.308. The molecule has 0 bridgehead atoms. The minimum atomic E-state index is -0.876. The summed E-state index contributed by atoms with van der Waals surface area (Å²) < 4.78 is 26.4. The molecule has 0 saturated carbocycles. The molecule has 1 saturated heterocycles. The molecule has 1 aromatic rings. The Morgan fingerprint density at radius 1 is 1.37 bits per heavy atom. The maximum absolute atomic E-state index is 13.4. The number of imide groups is 1. The number of nitrogens with zero attached hydrogens (tertiary/aromatic N) is 1. The van der Waals surface area contributed by atoms with E-state index in [1.807, 2.05) is 0 Å². The quantitative estimate of drug-likeness (QED) is 0.616. The fourth-order valence-corrected chi connectivity index (χ4v) is 1.95. The number of carbonyl (C=O) groups is 3. The third kappa shape index (κ3) is 2.52. The lowest BCUT2D eigenvalue weighted by molar-refractivity contribution is -0.138. The number of hydrogen-bond acceptors (Lipinski definition) is 3. The van der Waals surface area contributed by atoms with Gasteiger partial charge in [-0.2, -0.15) is 0 Å². The SMILES string of the molecule is CC1CC(=O)N(CC(=O)c2cc(F)ccc2F)C1=O. The summed E-state index contributed by atoms with van der Waals surface area (Å²) in [6, 6.07) is 2.48. The van der Waals surface area contributed by atoms with E-state index in [1.54, 1.807) is 6.92 Å². The van der Waals surface area contributed by atoms with Crippen LogP contribution in [0, 0.1) is 17.6 Å². The summed E-state index contributed by atoms with van der Waals surface area (Å²) >= 11 is 0. The smallest absolute Gasteiger partial charge is 0.232 e. The van der Waals surface area contributed by atoms with Crippen LogP contribution in [-0.2, 0) is 9.59 Å². The van der Waals surface area contributed by atoms with Crippen LogP contribution in [0.5, 0.6) is 0 Å². The Balaban J connectivity index is 2.20. The summed E-state index contributed by atoms with van der Waals surface area (Å²) in [6.07, 6.45) is 0.0394. The van der Waals surface area contributed by atoms with E-state index in [0.29, 0.717) is 0 Å². The molecule has 0 spiro atoms. The second-order valence-electron chi connectivity index (χ2n) is 4.47. The number of carbonyl (C=O) groups excluding carboxylic acids is 3. The molecule has 1 heterocycles. The van der Waals surface area contributed by atoms with Crippen LogP contribution >= 0.6 is 0 Å². The van der Waals surface area contributed by atoms with E-state index in [2.05, 4.69) is 0 Å². The lowest BCUT2D eigenvalue weighted by atomic mass is 10.1. The van der Waals surface area contributed by atoms with Crippen LogP contribution in [0.25, 0.3) is 0 Å². The zero-order chi connectivity index (χ0) is 14.2. The van der Waals surface area contributed by atoms with Crippen molar-refractivity contribution in [3.8, 4) is 0 Å². The Labute approximate surface area is 108 Å². The number of Topliss-reactive ketones (excluding diaryl/α,β-unsaturated/α-hetero) is 1. The molecule has 19 heavy (non-hydrogen) atoms. The predicted molar refractivity (Wildman–Crippen MR) is 61.2 cm³/mol.